The minimum atomic E-state index is -1.08. The largest absolute Gasteiger partial charge is 0.509 e. The molecule has 2 heterocycles. The molecule has 6 nitrogen and oxygen atoms in total. The van der Waals surface area contributed by atoms with E-state index >= 15 is 0 Å². The van der Waals surface area contributed by atoms with Crippen molar-refractivity contribution in [1.29, 1.82) is 0 Å². The predicted molar refractivity (Wildman–Crippen MR) is 89.1 cm³/mol. The number of anilines is 1. The lowest BCUT2D eigenvalue weighted by molar-refractivity contribution is -0.140. The first-order valence-corrected chi connectivity index (χ1v) is 8.01. The lowest BCUT2D eigenvalue weighted by Crippen LogP contribution is -2.50. The Labute approximate surface area is 145 Å². The Morgan fingerprint density at radius 1 is 1.44 bits per heavy atom. The molecule has 0 radical (unpaired) electrons. The summed E-state index contributed by atoms with van der Waals surface area (Å²) in [5, 5.41) is 13.0. The van der Waals surface area contributed by atoms with Crippen LogP contribution in [0.15, 0.2) is 35.6 Å². The van der Waals surface area contributed by atoms with Crippen LogP contribution in [0, 0.1) is 11.2 Å². The smallest absolute Gasteiger partial charge is 0.265 e. The fourth-order valence-corrected chi connectivity index (χ4v) is 3.25. The number of halogens is 1. The summed E-state index contributed by atoms with van der Waals surface area (Å²) >= 11 is 0. The number of nitrogens with zero attached hydrogens (tertiary/aromatic N) is 1. The van der Waals surface area contributed by atoms with Crippen molar-refractivity contribution in [3.8, 4) is 0 Å². The summed E-state index contributed by atoms with van der Waals surface area (Å²) in [7, 11) is 0. The van der Waals surface area contributed by atoms with Crippen LogP contribution in [0.5, 0.6) is 0 Å². The van der Waals surface area contributed by atoms with E-state index in [9.17, 15) is 19.1 Å². The molecule has 0 saturated carbocycles. The van der Waals surface area contributed by atoms with E-state index in [0.717, 1.165) is 6.07 Å². The number of carbonyl (C=O) groups excluding carboxylic acids is 2. The van der Waals surface area contributed by atoms with Crippen molar-refractivity contribution in [2.75, 3.05) is 11.9 Å². The van der Waals surface area contributed by atoms with Crippen molar-refractivity contribution in [3.63, 3.8) is 0 Å². The molecule has 2 aliphatic heterocycles. The average molecular weight is 348 g/mol. The quantitative estimate of drug-likeness (QED) is 0.805. The van der Waals surface area contributed by atoms with Gasteiger partial charge in [-0.25, -0.2) is 4.39 Å². The van der Waals surface area contributed by atoms with E-state index in [2.05, 4.69) is 5.32 Å². The molecule has 2 aliphatic rings. The first kappa shape index (κ1) is 17.4. The Morgan fingerprint density at radius 3 is 2.72 bits per heavy atom. The first-order valence-electron chi connectivity index (χ1n) is 8.01. The Morgan fingerprint density at radius 2 is 2.12 bits per heavy atom. The van der Waals surface area contributed by atoms with Gasteiger partial charge in [0.2, 0.25) is 0 Å². The number of hydrogen-bond donors (Lipinski definition) is 2. The maximum atomic E-state index is 13.3. The molecule has 0 aromatic heterocycles. The van der Waals surface area contributed by atoms with Gasteiger partial charge in [-0.1, -0.05) is 26.8 Å². The zero-order valence-corrected chi connectivity index (χ0v) is 14.6. The number of aliphatic hydroxyl groups excluding tert-OH is 1. The van der Waals surface area contributed by atoms with Gasteiger partial charge in [-0.2, -0.15) is 0 Å². The molecular formula is C18H21FN2O4. The highest BCUT2D eigenvalue weighted by Gasteiger charge is 2.60. The zero-order chi connectivity index (χ0) is 18.6. The summed E-state index contributed by atoms with van der Waals surface area (Å²) in [4.78, 5) is 26.8. The second kappa shape index (κ2) is 5.56. The molecule has 2 N–H and O–H groups in total. The molecule has 0 unspecified atom stereocenters. The highest BCUT2D eigenvalue weighted by atomic mass is 19.1. The van der Waals surface area contributed by atoms with Gasteiger partial charge in [-0.3, -0.25) is 14.5 Å². The van der Waals surface area contributed by atoms with Gasteiger partial charge in [0.15, 0.2) is 0 Å². The Bertz CT molecular complexity index is 784. The van der Waals surface area contributed by atoms with Crippen LogP contribution in [0.3, 0.4) is 0 Å². The van der Waals surface area contributed by atoms with Gasteiger partial charge in [-0.15, -0.1) is 0 Å². The molecule has 1 saturated heterocycles. The van der Waals surface area contributed by atoms with Crippen molar-refractivity contribution >= 4 is 17.5 Å². The third-order valence-electron chi connectivity index (χ3n) is 4.52. The molecule has 1 aromatic carbocycles. The highest BCUT2D eigenvalue weighted by molar-refractivity contribution is 6.25. The molecule has 0 spiro atoms. The fraction of sp³-hybridized carbons (Fsp3) is 0.444. The van der Waals surface area contributed by atoms with Gasteiger partial charge >= 0.3 is 0 Å². The summed E-state index contributed by atoms with van der Waals surface area (Å²) in [5.74, 6) is -2.19. The molecular weight excluding hydrogens is 327 g/mol. The predicted octanol–water partition coefficient (Wildman–Crippen LogP) is 2.58. The maximum absolute atomic E-state index is 13.3. The summed E-state index contributed by atoms with van der Waals surface area (Å²) in [6.07, 6.45) is -0.563. The standard InChI is InChI=1S/C18H21FN2O4/c1-17(2,3)16-21-15(24)12(13(22)18(21,4)9-25-16)14(23)20-11-7-5-6-10(19)8-11/h5-8,16,22H,9H2,1-4H3,(H,20,23)/t16-,18-/m1/s1. The zero-order valence-electron chi connectivity index (χ0n) is 14.6. The van der Waals surface area contributed by atoms with Crippen molar-refractivity contribution in [2.24, 2.45) is 5.41 Å². The molecule has 0 aliphatic carbocycles. The number of ether oxygens (including phenoxy) is 1. The van der Waals surface area contributed by atoms with Crippen molar-refractivity contribution in [2.45, 2.75) is 39.5 Å². The Balaban J connectivity index is 1.92. The highest BCUT2D eigenvalue weighted by Crippen LogP contribution is 2.45. The van der Waals surface area contributed by atoms with Crippen LogP contribution in [-0.2, 0) is 14.3 Å². The second-order valence-corrected chi connectivity index (χ2v) is 7.67. The minimum Gasteiger partial charge on any atom is -0.509 e. The van der Waals surface area contributed by atoms with Gasteiger partial charge in [0.05, 0.1) is 6.61 Å². The van der Waals surface area contributed by atoms with Crippen LogP contribution < -0.4 is 5.32 Å². The Kier molecular flexibility index (Phi) is 3.87. The number of nitrogens with one attached hydrogen (secondary N) is 1. The number of rotatable bonds is 2. The molecule has 134 valence electrons. The van der Waals surface area contributed by atoms with Gasteiger partial charge in [0, 0.05) is 11.1 Å². The maximum Gasteiger partial charge on any atom is 0.265 e. The fourth-order valence-electron chi connectivity index (χ4n) is 3.25. The third kappa shape index (κ3) is 2.68. The lowest BCUT2D eigenvalue weighted by Gasteiger charge is -2.36. The number of amides is 2. The number of carbonyl (C=O) groups is 2. The molecule has 0 bridgehead atoms. The topological polar surface area (TPSA) is 78.9 Å². The molecule has 25 heavy (non-hydrogen) atoms. The van der Waals surface area contributed by atoms with E-state index in [4.69, 9.17) is 4.74 Å². The van der Waals surface area contributed by atoms with Crippen molar-refractivity contribution in [3.05, 3.63) is 41.4 Å². The lowest BCUT2D eigenvalue weighted by atomic mass is 9.92. The molecule has 2 amide bonds. The van der Waals surface area contributed by atoms with E-state index < -0.39 is 29.4 Å². The first-order chi connectivity index (χ1) is 11.6. The molecule has 2 atom stereocenters. The summed E-state index contributed by atoms with van der Waals surface area (Å²) < 4.78 is 19.0. The second-order valence-electron chi connectivity index (χ2n) is 7.67. The van der Waals surface area contributed by atoms with E-state index in [-0.39, 0.29) is 29.0 Å². The molecule has 3 rings (SSSR count). The normalized spacial score (nSPS) is 26.2. The van der Waals surface area contributed by atoms with E-state index in [1.165, 1.54) is 23.1 Å². The van der Waals surface area contributed by atoms with Crippen LogP contribution in [0.4, 0.5) is 10.1 Å². The van der Waals surface area contributed by atoms with E-state index in [1.54, 1.807) is 6.92 Å². The van der Waals surface area contributed by atoms with Crippen LogP contribution in [0.25, 0.3) is 0 Å². The molecule has 7 heteroatoms. The van der Waals surface area contributed by atoms with Gasteiger partial charge < -0.3 is 15.2 Å². The molecule has 1 aromatic rings. The number of aliphatic hydroxyl groups is 1. The number of fused-ring (bicyclic) bond motifs is 1. The SMILES string of the molecule is CC(C)(C)[C@H]1OC[C@]2(C)C(O)=C(C(=O)Nc3cccc(F)c3)C(=O)N12. The number of hydrogen-bond acceptors (Lipinski definition) is 4. The van der Waals surface area contributed by atoms with Crippen LogP contribution in [0.2, 0.25) is 0 Å². The third-order valence-corrected chi connectivity index (χ3v) is 4.52. The Hall–Kier alpha value is -2.41. The van der Waals surface area contributed by atoms with Crippen LogP contribution >= 0.6 is 0 Å². The van der Waals surface area contributed by atoms with E-state index in [1.807, 2.05) is 20.8 Å². The van der Waals surface area contributed by atoms with Crippen LogP contribution in [-0.4, -0.2) is 40.2 Å². The minimum absolute atomic E-state index is 0.100. The monoisotopic (exact) mass is 348 g/mol. The average Bonchev–Trinajstić information content (AvgIpc) is 2.93. The number of benzene rings is 1. The summed E-state index contributed by atoms with van der Waals surface area (Å²) in [6, 6.07) is 5.33. The molecule has 1 fully saturated rings. The van der Waals surface area contributed by atoms with Crippen molar-refractivity contribution in [1.82, 2.24) is 4.90 Å². The van der Waals surface area contributed by atoms with Gasteiger partial charge in [-0.05, 0) is 25.1 Å². The van der Waals surface area contributed by atoms with Crippen molar-refractivity contribution < 1.29 is 23.8 Å². The van der Waals surface area contributed by atoms with Crippen LogP contribution in [0.1, 0.15) is 27.7 Å². The van der Waals surface area contributed by atoms with Gasteiger partial charge in [0.1, 0.15) is 28.9 Å². The van der Waals surface area contributed by atoms with Gasteiger partial charge in [0.25, 0.3) is 11.8 Å². The summed E-state index contributed by atoms with van der Waals surface area (Å²) in [5.41, 5.74) is -1.59. The van der Waals surface area contributed by atoms with E-state index in [0.29, 0.717) is 0 Å². The summed E-state index contributed by atoms with van der Waals surface area (Å²) in [6.45, 7) is 7.51.